The molecule has 0 bridgehead atoms. The van der Waals surface area contributed by atoms with Crippen LogP contribution in [0.5, 0.6) is 5.75 Å². The van der Waals surface area contributed by atoms with Crippen molar-refractivity contribution in [1.29, 1.82) is 0 Å². The quantitative estimate of drug-likeness (QED) is 0.264. The molecule has 0 saturated heterocycles. The Balaban J connectivity index is 1.50. The van der Waals surface area contributed by atoms with E-state index in [1.165, 1.54) is 26.3 Å². The molecule has 1 unspecified atom stereocenters. The molecule has 2 heterocycles. The van der Waals surface area contributed by atoms with E-state index in [0.29, 0.717) is 21.4 Å². The number of methoxy groups -OCH3 is 1. The molecule has 0 radical (unpaired) electrons. The molecule has 2 aromatic carbocycles. The fraction of sp³-hybridized carbons (Fsp3) is 0.259. The van der Waals surface area contributed by atoms with E-state index in [4.69, 9.17) is 4.74 Å². The molecule has 0 saturated carbocycles. The highest BCUT2D eigenvalue weighted by Crippen LogP contribution is 2.32. The number of rotatable bonds is 9. The Bertz CT molecular complexity index is 1680. The summed E-state index contributed by atoms with van der Waals surface area (Å²) in [5, 5.41) is 7.01. The zero-order valence-corrected chi connectivity index (χ0v) is 22.8. The van der Waals surface area contributed by atoms with Gasteiger partial charge in [-0.15, -0.1) is 0 Å². The number of benzene rings is 2. The lowest BCUT2D eigenvalue weighted by atomic mass is 10.1. The van der Waals surface area contributed by atoms with E-state index in [1.54, 1.807) is 30.3 Å². The summed E-state index contributed by atoms with van der Waals surface area (Å²) in [4.78, 5) is 38.2. The molecule has 1 N–H and O–H groups in total. The van der Waals surface area contributed by atoms with Gasteiger partial charge in [-0.05, 0) is 64.1 Å². The zero-order chi connectivity index (χ0) is 29.2. The minimum atomic E-state index is -4.99. The van der Waals surface area contributed by atoms with Crippen molar-refractivity contribution in [2.75, 3.05) is 12.4 Å². The highest BCUT2D eigenvalue weighted by molar-refractivity contribution is 9.10. The summed E-state index contributed by atoms with van der Waals surface area (Å²) in [5.41, 5.74) is -3.38. The fourth-order valence-electron chi connectivity index (χ4n) is 4.20. The van der Waals surface area contributed by atoms with Gasteiger partial charge in [0.15, 0.2) is 5.78 Å². The van der Waals surface area contributed by atoms with Crippen LogP contribution in [0.4, 0.5) is 23.2 Å². The maximum absolute atomic E-state index is 13.9. The summed E-state index contributed by atoms with van der Waals surface area (Å²) < 4.78 is 62.7. The van der Waals surface area contributed by atoms with E-state index in [0.717, 1.165) is 16.8 Å². The van der Waals surface area contributed by atoms with Crippen LogP contribution in [-0.2, 0) is 24.1 Å². The number of halogens is 5. The monoisotopic (exact) mass is 622 g/mol. The van der Waals surface area contributed by atoms with Crippen LogP contribution in [0.1, 0.15) is 24.5 Å². The van der Waals surface area contributed by atoms with E-state index in [-0.39, 0.29) is 29.4 Å². The molecule has 0 aliphatic heterocycles. The smallest absolute Gasteiger partial charge is 0.423 e. The molecule has 40 heavy (non-hydrogen) atoms. The first kappa shape index (κ1) is 29.0. The third-order valence-electron chi connectivity index (χ3n) is 6.12. The summed E-state index contributed by atoms with van der Waals surface area (Å²) in [7, 11) is 1.47. The standard InChI is InChI=1S/C27H23BrF4N4O4/c1-15(9-18(37)14-35-8-7-17-10-21(28)22(29)11-20(17)25(35)38)34-23-12-33-36(26(39)24(23)27(30,31)32)13-16-3-5-19(40-2)6-4-16/h3-8,10-12,15,34H,9,13-14H2,1-2H3. The van der Waals surface area contributed by atoms with Gasteiger partial charge in [-0.1, -0.05) is 12.1 Å². The van der Waals surface area contributed by atoms with Gasteiger partial charge in [-0.3, -0.25) is 14.4 Å². The minimum Gasteiger partial charge on any atom is -0.497 e. The van der Waals surface area contributed by atoms with Gasteiger partial charge >= 0.3 is 6.18 Å². The number of nitrogens with one attached hydrogen (secondary N) is 1. The molecule has 4 rings (SSSR count). The number of ether oxygens (including phenoxy) is 1. The van der Waals surface area contributed by atoms with Crippen LogP contribution in [0.2, 0.25) is 0 Å². The molecule has 0 spiro atoms. The lowest BCUT2D eigenvalue weighted by Crippen LogP contribution is -2.34. The Labute approximate surface area is 233 Å². The SMILES string of the molecule is COc1ccc(Cn2ncc(NC(C)CC(=O)Cn3ccc4cc(Br)c(F)cc4c3=O)c(C(F)(F)F)c2=O)cc1. The van der Waals surface area contributed by atoms with Crippen molar-refractivity contribution in [1.82, 2.24) is 14.3 Å². The molecular formula is C27H23BrF4N4O4. The highest BCUT2D eigenvalue weighted by atomic mass is 79.9. The second-order valence-corrected chi connectivity index (χ2v) is 9.99. The minimum absolute atomic E-state index is 0.0817. The Morgan fingerprint density at radius 2 is 1.82 bits per heavy atom. The molecule has 0 aliphatic carbocycles. The number of carbonyl (C=O) groups excluding carboxylic acids is 1. The van der Waals surface area contributed by atoms with Gasteiger partial charge < -0.3 is 14.6 Å². The van der Waals surface area contributed by atoms with Crippen molar-refractivity contribution >= 4 is 38.2 Å². The summed E-state index contributed by atoms with van der Waals surface area (Å²) in [5.74, 6) is -0.546. The van der Waals surface area contributed by atoms with Crippen molar-refractivity contribution in [2.24, 2.45) is 0 Å². The Morgan fingerprint density at radius 3 is 2.48 bits per heavy atom. The molecule has 8 nitrogen and oxygen atoms in total. The molecule has 0 amide bonds. The number of nitrogens with zero attached hydrogens (tertiary/aromatic N) is 3. The van der Waals surface area contributed by atoms with Crippen LogP contribution in [0, 0.1) is 5.82 Å². The lowest BCUT2D eigenvalue weighted by Gasteiger charge is -2.19. The maximum Gasteiger partial charge on any atom is 0.423 e. The average Bonchev–Trinajstić information content (AvgIpc) is 2.88. The normalized spacial score (nSPS) is 12.4. The predicted molar refractivity (Wildman–Crippen MR) is 144 cm³/mol. The average molecular weight is 623 g/mol. The molecule has 13 heteroatoms. The summed E-state index contributed by atoms with van der Waals surface area (Å²) >= 11 is 3.05. The van der Waals surface area contributed by atoms with Crippen LogP contribution in [0.15, 0.2) is 68.9 Å². The number of fused-ring (bicyclic) bond motifs is 1. The van der Waals surface area contributed by atoms with Crippen LogP contribution >= 0.6 is 15.9 Å². The second kappa shape index (κ2) is 11.6. The van der Waals surface area contributed by atoms with Crippen molar-refractivity contribution in [3.63, 3.8) is 0 Å². The number of aromatic nitrogens is 3. The van der Waals surface area contributed by atoms with Gasteiger partial charge in [0.2, 0.25) is 0 Å². The number of carbonyl (C=O) groups is 1. The van der Waals surface area contributed by atoms with Gasteiger partial charge in [0.1, 0.15) is 17.1 Å². The molecule has 4 aromatic rings. The molecule has 210 valence electrons. The second-order valence-electron chi connectivity index (χ2n) is 9.13. The molecule has 1 atom stereocenters. The Kier molecular flexibility index (Phi) is 8.43. The van der Waals surface area contributed by atoms with E-state index in [9.17, 15) is 31.9 Å². The first-order valence-corrected chi connectivity index (χ1v) is 12.7. The van der Waals surface area contributed by atoms with E-state index < -0.39 is 46.2 Å². The highest BCUT2D eigenvalue weighted by Gasteiger charge is 2.38. The summed E-state index contributed by atoms with van der Waals surface area (Å²) in [6.45, 7) is 0.908. The van der Waals surface area contributed by atoms with Gasteiger partial charge in [-0.2, -0.15) is 18.3 Å². The van der Waals surface area contributed by atoms with Gasteiger partial charge in [0.05, 0.1) is 41.9 Å². The summed E-state index contributed by atoms with van der Waals surface area (Å²) in [6.07, 6.45) is -2.96. The molecular weight excluding hydrogens is 600 g/mol. The fourth-order valence-corrected chi connectivity index (χ4v) is 4.56. The number of Topliss-reactive ketones (excluding diaryl/α,β-unsaturated/α-hetero) is 1. The topological polar surface area (TPSA) is 95.2 Å². The molecule has 2 aromatic heterocycles. The third-order valence-corrected chi connectivity index (χ3v) is 6.73. The van der Waals surface area contributed by atoms with E-state index in [1.807, 2.05) is 0 Å². The first-order chi connectivity index (χ1) is 18.9. The number of anilines is 1. The van der Waals surface area contributed by atoms with Crippen molar-refractivity contribution in [2.45, 2.75) is 38.7 Å². The third kappa shape index (κ3) is 6.41. The van der Waals surface area contributed by atoms with Crippen molar-refractivity contribution < 1.29 is 27.1 Å². The summed E-state index contributed by atoms with van der Waals surface area (Å²) in [6, 6.07) is 9.67. The number of ketones is 1. The van der Waals surface area contributed by atoms with Crippen LogP contribution < -0.4 is 21.2 Å². The van der Waals surface area contributed by atoms with Gasteiger partial charge in [0.25, 0.3) is 11.1 Å². The Morgan fingerprint density at radius 1 is 1.12 bits per heavy atom. The molecule has 0 aliphatic rings. The first-order valence-electron chi connectivity index (χ1n) is 11.9. The zero-order valence-electron chi connectivity index (χ0n) is 21.3. The van der Waals surface area contributed by atoms with Crippen LogP contribution in [0.25, 0.3) is 10.8 Å². The number of hydrogen-bond acceptors (Lipinski definition) is 6. The largest absolute Gasteiger partial charge is 0.497 e. The van der Waals surface area contributed by atoms with E-state index >= 15 is 0 Å². The maximum atomic E-state index is 13.9. The number of alkyl halides is 3. The lowest BCUT2D eigenvalue weighted by molar-refractivity contribution is -0.138. The van der Waals surface area contributed by atoms with E-state index in [2.05, 4.69) is 26.3 Å². The number of pyridine rings is 1. The Hall–Kier alpha value is -4.00. The van der Waals surface area contributed by atoms with Crippen molar-refractivity contribution in [3.8, 4) is 5.75 Å². The van der Waals surface area contributed by atoms with Gasteiger partial charge in [0, 0.05) is 18.7 Å². The van der Waals surface area contributed by atoms with Crippen LogP contribution in [0.3, 0.4) is 0 Å². The predicted octanol–water partition coefficient (Wildman–Crippen LogP) is 5.00. The molecule has 0 fully saturated rings. The van der Waals surface area contributed by atoms with Crippen molar-refractivity contribution in [3.05, 3.63) is 97.0 Å². The van der Waals surface area contributed by atoms with Gasteiger partial charge in [-0.25, -0.2) is 9.07 Å². The number of hydrogen-bond donors (Lipinski definition) is 1. The van der Waals surface area contributed by atoms with Crippen LogP contribution in [-0.4, -0.2) is 33.3 Å².